The fourth-order valence-electron chi connectivity index (χ4n) is 2.74. The second-order valence-corrected chi connectivity index (χ2v) is 8.40. The van der Waals surface area contributed by atoms with E-state index in [1.54, 1.807) is 6.92 Å². The smallest absolute Gasteiger partial charge is 0.350 e. The highest BCUT2D eigenvalue weighted by molar-refractivity contribution is 7.99. The predicted octanol–water partition coefficient (Wildman–Crippen LogP) is 4.69. The fraction of sp³-hybridized carbons (Fsp3) is 0.238. The van der Waals surface area contributed by atoms with Crippen LogP contribution in [0.1, 0.15) is 26.5 Å². The average molecular weight is 428 g/mol. The van der Waals surface area contributed by atoms with Crippen LogP contribution in [0.15, 0.2) is 41.9 Å². The van der Waals surface area contributed by atoms with Crippen molar-refractivity contribution in [3.05, 3.63) is 58.6 Å². The summed E-state index contributed by atoms with van der Waals surface area (Å²) in [5.41, 5.74) is 3.70. The molecule has 0 unspecified atom stereocenters. The largest absolute Gasteiger partial charge is 0.457 e. The molecule has 29 heavy (non-hydrogen) atoms. The number of ether oxygens (including phenoxy) is 1. The Labute approximate surface area is 177 Å². The minimum atomic E-state index is -0.471. The summed E-state index contributed by atoms with van der Waals surface area (Å²) in [6.45, 7) is 9.41. The van der Waals surface area contributed by atoms with E-state index in [0.717, 1.165) is 38.4 Å². The first kappa shape index (κ1) is 21.0. The number of nitrogens with one attached hydrogen (secondary N) is 1. The Morgan fingerprint density at radius 3 is 2.79 bits per heavy atom. The van der Waals surface area contributed by atoms with Gasteiger partial charge in [-0.2, -0.15) is 0 Å². The van der Waals surface area contributed by atoms with Gasteiger partial charge in [0.2, 0.25) is 5.91 Å². The molecule has 8 heteroatoms. The number of fused-ring (bicyclic) bond motifs is 1. The highest BCUT2D eigenvalue weighted by Gasteiger charge is 2.18. The maximum Gasteiger partial charge on any atom is 0.350 e. The Bertz CT molecular complexity index is 1090. The monoisotopic (exact) mass is 427 g/mol. The van der Waals surface area contributed by atoms with Crippen LogP contribution in [0, 0.1) is 20.8 Å². The van der Waals surface area contributed by atoms with Crippen molar-refractivity contribution in [1.82, 2.24) is 9.97 Å². The number of aromatic nitrogens is 2. The van der Waals surface area contributed by atoms with Crippen LogP contribution in [0.2, 0.25) is 0 Å². The van der Waals surface area contributed by atoms with E-state index < -0.39 is 5.97 Å². The zero-order valence-electron chi connectivity index (χ0n) is 16.4. The predicted molar refractivity (Wildman–Crippen MR) is 118 cm³/mol. The number of para-hydroxylation sites is 1. The molecule has 2 aromatic heterocycles. The van der Waals surface area contributed by atoms with Gasteiger partial charge in [-0.3, -0.25) is 4.79 Å². The maximum atomic E-state index is 12.3. The molecule has 0 aliphatic heterocycles. The van der Waals surface area contributed by atoms with Gasteiger partial charge in [0.15, 0.2) is 5.13 Å². The number of anilines is 1. The molecule has 0 atom stereocenters. The molecule has 0 saturated heterocycles. The van der Waals surface area contributed by atoms with E-state index in [0.29, 0.717) is 15.7 Å². The van der Waals surface area contributed by atoms with Gasteiger partial charge < -0.3 is 10.1 Å². The normalized spacial score (nSPS) is 10.7. The van der Waals surface area contributed by atoms with Crippen molar-refractivity contribution in [2.24, 2.45) is 0 Å². The topological polar surface area (TPSA) is 81.2 Å². The summed E-state index contributed by atoms with van der Waals surface area (Å²) in [5, 5.41) is 5.03. The third-order valence-electron chi connectivity index (χ3n) is 4.14. The van der Waals surface area contributed by atoms with Crippen LogP contribution in [0.4, 0.5) is 5.13 Å². The first-order chi connectivity index (χ1) is 13.9. The molecule has 0 radical (unpaired) electrons. The lowest BCUT2D eigenvalue weighted by atomic mass is 10.1. The summed E-state index contributed by atoms with van der Waals surface area (Å²) < 4.78 is 5.03. The Kier molecular flexibility index (Phi) is 6.66. The third kappa shape index (κ3) is 5.02. The third-order valence-corrected chi connectivity index (χ3v) is 6.10. The summed E-state index contributed by atoms with van der Waals surface area (Å²) in [6.07, 6.45) is 1.50. The lowest BCUT2D eigenvalue weighted by molar-refractivity contribution is -0.113. The molecule has 1 N–H and O–H groups in total. The molecular weight excluding hydrogens is 406 g/mol. The van der Waals surface area contributed by atoms with E-state index in [9.17, 15) is 9.59 Å². The van der Waals surface area contributed by atoms with Gasteiger partial charge in [0.25, 0.3) is 0 Å². The van der Waals surface area contributed by atoms with Crippen molar-refractivity contribution in [1.29, 1.82) is 0 Å². The number of amides is 1. The molecule has 6 nitrogen and oxygen atoms in total. The standard InChI is InChI=1S/C21H21N3O3S2/c1-5-9-27-20(26)19-14(4)22-21(29-19)23-16(25)11-28-17-10-13(3)15-8-6-7-12(2)18(15)24-17/h5-8,10H,1,9,11H2,2-4H3,(H,22,23,25). The molecule has 1 amide bonds. The van der Waals surface area contributed by atoms with Crippen LogP contribution >= 0.6 is 23.1 Å². The summed E-state index contributed by atoms with van der Waals surface area (Å²) in [6, 6.07) is 8.08. The Morgan fingerprint density at radius 1 is 1.24 bits per heavy atom. The van der Waals surface area contributed by atoms with Crippen LogP contribution < -0.4 is 5.32 Å². The van der Waals surface area contributed by atoms with Crippen molar-refractivity contribution < 1.29 is 14.3 Å². The lowest BCUT2D eigenvalue weighted by Crippen LogP contribution is -2.14. The molecule has 0 bridgehead atoms. The number of thiazole rings is 1. The molecule has 3 aromatic rings. The second-order valence-electron chi connectivity index (χ2n) is 6.41. The van der Waals surface area contributed by atoms with E-state index in [1.165, 1.54) is 17.8 Å². The molecule has 3 rings (SSSR count). The number of hydrogen-bond acceptors (Lipinski definition) is 7. The maximum absolute atomic E-state index is 12.3. The van der Waals surface area contributed by atoms with E-state index in [4.69, 9.17) is 4.74 Å². The van der Waals surface area contributed by atoms with Crippen molar-refractivity contribution in [2.75, 3.05) is 17.7 Å². The van der Waals surface area contributed by atoms with Gasteiger partial charge in [0.1, 0.15) is 11.5 Å². The van der Waals surface area contributed by atoms with Crippen LogP contribution in [0.25, 0.3) is 10.9 Å². The molecule has 0 aliphatic rings. The van der Waals surface area contributed by atoms with Gasteiger partial charge in [-0.05, 0) is 38.0 Å². The van der Waals surface area contributed by atoms with Crippen molar-refractivity contribution in [3.63, 3.8) is 0 Å². The summed E-state index contributed by atoms with van der Waals surface area (Å²) in [7, 11) is 0. The Morgan fingerprint density at radius 2 is 2.03 bits per heavy atom. The summed E-state index contributed by atoms with van der Waals surface area (Å²) in [4.78, 5) is 33.6. The van der Waals surface area contributed by atoms with Crippen molar-refractivity contribution in [3.8, 4) is 0 Å². The van der Waals surface area contributed by atoms with Crippen molar-refractivity contribution >= 4 is 51.0 Å². The number of esters is 1. The molecule has 0 aliphatic carbocycles. The minimum absolute atomic E-state index is 0.131. The minimum Gasteiger partial charge on any atom is -0.457 e. The molecule has 1 aromatic carbocycles. The number of carbonyl (C=O) groups excluding carboxylic acids is 2. The van der Waals surface area contributed by atoms with Crippen LogP contribution in [0.3, 0.4) is 0 Å². The molecule has 0 fully saturated rings. The molecule has 150 valence electrons. The number of nitrogens with zero attached hydrogens (tertiary/aromatic N) is 2. The molecule has 2 heterocycles. The number of pyridine rings is 1. The Balaban J connectivity index is 1.65. The number of thioether (sulfide) groups is 1. The summed E-state index contributed by atoms with van der Waals surface area (Å²) in [5.74, 6) is -0.487. The highest BCUT2D eigenvalue weighted by atomic mass is 32.2. The number of hydrogen-bond donors (Lipinski definition) is 1. The van der Waals surface area contributed by atoms with Gasteiger partial charge in [0.05, 0.1) is 22.0 Å². The number of benzene rings is 1. The van der Waals surface area contributed by atoms with Gasteiger partial charge in [-0.1, -0.05) is 54.0 Å². The first-order valence-electron chi connectivity index (χ1n) is 8.94. The zero-order valence-corrected chi connectivity index (χ0v) is 18.1. The van der Waals surface area contributed by atoms with E-state index in [1.807, 2.05) is 38.1 Å². The SMILES string of the molecule is C=CCOC(=O)c1sc(NC(=O)CSc2cc(C)c3cccc(C)c3n2)nc1C. The molecule has 0 saturated carbocycles. The number of carbonyl (C=O) groups is 2. The van der Waals surface area contributed by atoms with Crippen LogP contribution in [-0.2, 0) is 9.53 Å². The van der Waals surface area contributed by atoms with Gasteiger partial charge in [0, 0.05) is 5.39 Å². The van der Waals surface area contributed by atoms with E-state index in [2.05, 4.69) is 21.9 Å². The highest BCUT2D eigenvalue weighted by Crippen LogP contribution is 2.27. The van der Waals surface area contributed by atoms with E-state index >= 15 is 0 Å². The van der Waals surface area contributed by atoms with Crippen LogP contribution in [-0.4, -0.2) is 34.2 Å². The van der Waals surface area contributed by atoms with Gasteiger partial charge in [-0.15, -0.1) is 0 Å². The fourth-order valence-corrected chi connectivity index (χ4v) is 4.38. The number of aryl methyl sites for hydroxylation is 3. The van der Waals surface area contributed by atoms with Gasteiger partial charge in [-0.25, -0.2) is 14.8 Å². The molecule has 0 spiro atoms. The average Bonchev–Trinajstić information content (AvgIpc) is 3.05. The van der Waals surface area contributed by atoms with Crippen LogP contribution in [0.5, 0.6) is 0 Å². The Hall–Kier alpha value is -2.71. The second kappa shape index (κ2) is 9.19. The zero-order chi connectivity index (χ0) is 21.0. The number of rotatable bonds is 7. The first-order valence-corrected chi connectivity index (χ1v) is 10.7. The van der Waals surface area contributed by atoms with Gasteiger partial charge >= 0.3 is 5.97 Å². The molecular formula is C21H21N3O3S2. The quantitative estimate of drug-likeness (QED) is 0.335. The van der Waals surface area contributed by atoms with E-state index in [-0.39, 0.29) is 18.3 Å². The summed E-state index contributed by atoms with van der Waals surface area (Å²) >= 11 is 2.46. The lowest BCUT2D eigenvalue weighted by Gasteiger charge is -2.08. The van der Waals surface area contributed by atoms with Crippen molar-refractivity contribution in [2.45, 2.75) is 25.8 Å².